The second-order valence-corrected chi connectivity index (χ2v) is 2.57. The van der Waals surface area contributed by atoms with Crippen molar-refractivity contribution in [1.29, 1.82) is 0 Å². The molecule has 0 amide bonds. The maximum Gasteiger partial charge on any atom is 0.0296 e. The molecule has 0 aliphatic heterocycles. The van der Waals surface area contributed by atoms with E-state index in [1.54, 1.807) is 0 Å². The van der Waals surface area contributed by atoms with Gasteiger partial charge in [0.15, 0.2) is 0 Å². The fourth-order valence-electron chi connectivity index (χ4n) is 0.596. The molecule has 0 saturated carbocycles. The Hall–Kier alpha value is -0.0800. The Morgan fingerprint density at radius 2 is 1.10 bits per heavy atom. The Kier molecular flexibility index (Phi) is 11.6. The first-order valence-electron chi connectivity index (χ1n) is 3.03. The molecule has 2 heteroatoms. The van der Waals surface area contributed by atoms with Crippen LogP contribution in [-0.4, -0.2) is 22.4 Å². The van der Waals surface area contributed by atoms with Gasteiger partial charge < -0.3 is 5.21 Å². The predicted octanol–water partition coefficient (Wildman–Crippen LogP) is 2.77. The first kappa shape index (κ1) is 16.5. The summed E-state index contributed by atoms with van der Waals surface area (Å²) in [5.74, 6) is 0. The van der Waals surface area contributed by atoms with Gasteiger partial charge in [0, 0.05) is 12.1 Å². The number of hydroxylamine groups is 2. The predicted molar refractivity (Wildman–Crippen MR) is 47.4 cm³/mol. The van der Waals surface area contributed by atoms with Gasteiger partial charge in [-0.1, -0.05) is 14.9 Å². The summed E-state index contributed by atoms with van der Waals surface area (Å²) in [7, 11) is 0. The van der Waals surface area contributed by atoms with Crippen LogP contribution in [0, 0.1) is 0 Å². The molecule has 0 unspecified atom stereocenters. The minimum absolute atomic E-state index is 0. The first-order chi connectivity index (χ1) is 3.55. The van der Waals surface area contributed by atoms with Crippen molar-refractivity contribution in [1.82, 2.24) is 5.06 Å². The van der Waals surface area contributed by atoms with E-state index < -0.39 is 0 Å². The van der Waals surface area contributed by atoms with Gasteiger partial charge in [0.25, 0.3) is 0 Å². The van der Waals surface area contributed by atoms with Crippen molar-refractivity contribution >= 4 is 0 Å². The lowest BCUT2D eigenvalue weighted by atomic mass is 10.3. The van der Waals surface area contributed by atoms with E-state index in [1.807, 2.05) is 27.7 Å². The monoisotopic (exact) mass is 149 g/mol. The second-order valence-electron chi connectivity index (χ2n) is 2.57. The van der Waals surface area contributed by atoms with E-state index in [-0.39, 0.29) is 26.9 Å². The fraction of sp³-hybridized carbons (Fsp3) is 1.00. The smallest absolute Gasteiger partial charge is 0.0296 e. The maximum atomic E-state index is 9.04. The van der Waals surface area contributed by atoms with Crippen LogP contribution in [0.2, 0.25) is 0 Å². The highest BCUT2D eigenvalue weighted by Gasteiger charge is 2.07. The molecule has 10 heavy (non-hydrogen) atoms. The molecular formula is C8H23NO. The molecule has 0 saturated heterocycles. The molecule has 1 N–H and O–H groups in total. The normalized spacial score (nSPS) is 9.60. The number of nitrogens with zero attached hydrogens (tertiary/aromatic N) is 1. The van der Waals surface area contributed by atoms with Crippen molar-refractivity contribution in [2.75, 3.05) is 0 Å². The van der Waals surface area contributed by atoms with E-state index in [4.69, 9.17) is 5.21 Å². The molecule has 0 aromatic carbocycles. The highest BCUT2D eigenvalue weighted by molar-refractivity contribution is 4.54. The van der Waals surface area contributed by atoms with Crippen molar-refractivity contribution in [2.45, 2.75) is 54.6 Å². The zero-order valence-electron chi connectivity index (χ0n) is 6.05. The molecule has 0 radical (unpaired) electrons. The Morgan fingerprint density at radius 3 is 1.10 bits per heavy atom. The molecule has 0 spiro atoms. The lowest BCUT2D eigenvalue weighted by molar-refractivity contribution is -0.141. The average Bonchev–Trinajstić information content (AvgIpc) is 1.64. The zero-order chi connectivity index (χ0) is 6.73. The van der Waals surface area contributed by atoms with Crippen LogP contribution in [0.15, 0.2) is 0 Å². The molecular weight excluding hydrogens is 126 g/mol. The zero-order valence-corrected chi connectivity index (χ0v) is 6.05. The molecule has 2 nitrogen and oxygen atoms in total. The van der Waals surface area contributed by atoms with Gasteiger partial charge in [0.05, 0.1) is 0 Å². The van der Waals surface area contributed by atoms with Crippen LogP contribution in [0.4, 0.5) is 0 Å². The number of hydrogen-bond donors (Lipinski definition) is 1. The average molecular weight is 149 g/mol. The summed E-state index contributed by atoms with van der Waals surface area (Å²) < 4.78 is 0. The van der Waals surface area contributed by atoms with Gasteiger partial charge in [-0.15, -0.1) is 0 Å². The Labute approximate surface area is 65.8 Å². The van der Waals surface area contributed by atoms with E-state index in [0.29, 0.717) is 0 Å². The Balaban J connectivity index is -0.000000245. The van der Waals surface area contributed by atoms with E-state index in [1.165, 1.54) is 5.06 Å². The molecule has 0 aliphatic carbocycles. The fourth-order valence-corrected chi connectivity index (χ4v) is 0.596. The minimum Gasteiger partial charge on any atom is -0.313 e. The van der Waals surface area contributed by atoms with Crippen molar-refractivity contribution in [3.63, 3.8) is 0 Å². The third kappa shape index (κ3) is 6.05. The summed E-state index contributed by atoms with van der Waals surface area (Å²) in [4.78, 5) is 0. The van der Waals surface area contributed by atoms with E-state index in [0.717, 1.165) is 0 Å². The maximum absolute atomic E-state index is 9.04. The van der Waals surface area contributed by atoms with Crippen molar-refractivity contribution < 1.29 is 5.21 Å². The quantitative estimate of drug-likeness (QED) is 0.610. The van der Waals surface area contributed by atoms with Gasteiger partial charge in [-0.25, -0.2) is 0 Å². The van der Waals surface area contributed by atoms with Crippen LogP contribution in [0.25, 0.3) is 0 Å². The lowest BCUT2D eigenvalue weighted by Crippen LogP contribution is -2.33. The van der Waals surface area contributed by atoms with Gasteiger partial charge in [-0.05, 0) is 27.7 Å². The first-order valence-corrected chi connectivity index (χ1v) is 3.03. The lowest BCUT2D eigenvalue weighted by Gasteiger charge is -2.22. The van der Waals surface area contributed by atoms with Crippen LogP contribution in [-0.2, 0) is 0 Å². The summed E-state index contributed by atoms with van der Waals surface area (Å²) in [6.45, 7) is 7.83. The van der Waals surface area contributed by atoms with Crippen molar-refractivity contribution in [3.8, 4) is 0 Å². The van der Waals surface area contributed by atoms with Crippen LogP contribution in [0.3, 0.4) is 0 Å². The molecule has 0 aliphatic rings. The summed E-state index contributed by atoms with van der Waals surface area (Å²) in [6.07, 6.45) is 0. The molecule has 0 bridgehead atoms. The van der Waals surface area contributed by atoms with Crippen LogP contribution in [0.5, 0.6) is 0 Å². The van der Waals surface area contributed by atoms with Gasteiger partial charge in [-0.3, -0.25) is 0 Å². The highest BCUT2D eigenvalue weighted by atomic mass is 16.5. The summed E-state index contributed by atoms with van der Waals surface area (Å²) in [5, 5.41) is 10.4. The number of hydrogen-bond acceptors (Lipinski definition) is 2. The molecule has 66 valence electrons. The van der Waals surface area contributed by atoms with Gasteiger partial charge in [0.2, 0.25) is 0 Å². The molecule has 0 aromatic heterocycles. The van der Waals surface area contributed by atoms with E-state index in [9.17, 15) is 0 Å². The van der Waals surface area contributed by atoms with Gasteiger partial charge in [-0.2, -0.15) is 5.06 Å². The molecule has 0 heterocycles. The van der Waals surface area contributed by atoms with Gasteiger partial charge >= 0.3 is 0 Å². The standard InChI is InChI=1S/C6H15NO.2CH4/c1-5(2)7(8)6(3)4;;/h5-6,8H,1-4H3;2*1H4. The third-order valence-electron chi connectivity index (χ3n) is 1.06. The van der Waals surface area contributed by atoms with E-state index in [2.05, 4.69) is 0 Å². The second kappa shape index (κ2) is 7.03. The van der Waals surface area contributed by atoms with Gasteiger partial charge in [0.1, 0.15) is 0 Å². The summed E-state index contributed by atoms with van der Waals surface area (Å²) in [6, 6.07) is 0.463. The van der Waals surface area contributed by atoms with Crippen LogP contribution in [0.1, 0.15) is 42.5 Å². The van der Waals surface area contributed by atoms with Crippen molar-refractivity contribution in [2.24, 2.45) is 0 Å². The SMILES string of the molecule is C.C.CC(C)N(O)C(C)C. The third-order valence-corrected chi connectivity index (χ3v) is 1.06. The Morgan fingerprint density at radius 1 is 0.900 bits per heavy atom. The van der Waals surface area contributed by atoms with Crippen molar-refractivity contribution in [3.05, 3.63) is 0 Å². The molecule has 0 atom stereocenters. The summed E-state index contributed by atoms with van der Waals surface area (Å²) >= 11 is 0. The largest absolute Gasteiger partial charge is 0.313 e. The van der Waals surface area contributed by atoms with Crippen LogP contribution >= 0.6 is 0 Å². The van der Waals surface area contributed by atoms with Crippen LogP contribution < -0.4 is 0 Å². The highest BCUT2D eigenvalue weighted by Crippen LogP contribution is 1.98. The molecule has 0 rings (SSSR count). The number of rotatable bonds is 2. The Bertz CT molecular complexity index is 54.3. The summed E-state index contributed by atoms with van der Waals surface area (Å²) in [5.41, 5.74) is 0. The topological polar surface area (TPSA) is 23.5 Å². The van der Waals surface area contributed by atoms with E-state index >= 15 is 0 Å². The molecule has 0 fully saturated rings. The minimum atomic E-state index is 0. The molecule has 0 aromatic rings.